The molecule has 1 aliphatic rings. The topological polar surface area (TPSA) is 83.7 Å². The molecule has 0 spiro atoms. The molecule has 0 aromatic heterocycles. The van der Waals surface area contributed by atoms with E-state index in [2.05, 4.69) is 0 Å². The third kappa shape index (κ3) is 2.56. The number of carboxylic acid groups (broad SMARTS) is 1. The highest BCUT2D eigenvalue weighted by molar-refractivity contribution is 5.76. The van der Waals surface area contributed by atoms with Crippen molar-refractivity contribution in [2.75, 3.05) is 18.0 Å². The Bertz CT molecular complexity index is 563. The van der Waals surface area contributed by atoms with Crippen molar-refractivity contribution in [3.05, 3.63) is 34.1 Å². The Morgan fingerprint density at radius 3 is 2.85 bits per heavy atom. The van der Waals surface area contributed by atoms with Crippen molar-refractivity contribution in [1.29, 1.82) is 0 Å². The van der Waals surface area contributed by atoms with Crippen molar-refractivity contribution >= 4 is 17.3 Å². The van der Waals surface area contributed by atoms with Crippen LogP contribution < -0.4 is 4.90 Å². The van der Waals surface area contributed by atoms with Crippen LogP contribution in [0, 0.1) is 21.3 Å². The largest absolute Gasteiger partial charge is 0.481 e. The van der Waals surface area contributed by atoms with E-state index in [4.69, 9.17) is 0 Å². The standard InChI is InChI=1S/C13H15FN2O4/c1-13(12(17)18)5-2-6-15(8-13)11-7-9(14)3-4-10(11)16(19)20/h3-4,7H,2,5-6,8H2,1H3,(H,17,18). The minimum atomic E-state index is -0.974. The summed E-state index contributed by atoms with van der Waals surface area (Å²) in [7, 11) is 0. The predicted molar refractivity (Wildman–Crippen MR) is 70.2 cm³/mol. The summed E-state index contributed by atoms with van der Waals surface area (Å²) in [6.45, 7) is 2.21. The van der Waals surface area contributed by atoms with Gasteiger partial charge >= 0.3 is 5.97 Å². The number of anilines is 1. The highest BCUT2D eigenvalue weighted by atomic mass is 19.1. The maximum Gasteiger partial charge on any atom is 0.311 e. The van der Waals surface area contributed by atoms with Gasteiger partial charge in [0.25, 0.3) is 5.69 Å². The van der Waals surface area contributed by atoms with Gasteiger partial charge in [-0.05, 0) is 25.8 Å². The van der Waals surface area contributed by atoms with Crippen LogP contribution in [0.5, 0.6) is 0 Å². The highest BCUT2D eigenvalue weighted by Crippen LogP contribution is 2.36. The molecule has 108 valence electrons. The van der Waals surface area contributed by atoms with Gasteiger partial charge < -0.3 is 10.0 Å². The van der Waals surface area contributed by atoms with Crippen LogP contribution in [0.2, 0.25) is 0 Å². The van der Waals surface area contributed by atoms with Gasteiger partial charge in [0.2, 0.25) is 0 Å². The van der Waals surface area contributed by atoms with Gasteiger partial charge in [0.05, 0.1) is 10.3 Å². The Labute approximate surface area is 115 Å². The lowest BCUT2D eigenvalue weighted by Crippen LogP contribution is -2.46. The summed E-state index contributed by atoms with van der Waals surface area (Å²) in [6, 6.07) is 3.23. The van der Waals surface area contributed by atoms with Crippen molar-refractivity contribution in [2.45, 2.75) is 19.8 Å². The molecule has 1 heterocycles. The number of rotatable bonds is 3. The van der Waals surface area contributed by atoms with Crippen LogP contribution in [0.4, 0.5) is 15.8 Å². The van der Waals surface area contributed by atoms with E-state index in [0.29, 0.717) is 19.4 Å². The van der Waals surface area contributed by atoms with E-state index in [1.54, 1.807) is 11.8 Å². The summed E-state index contributed by atoms with van der Waals surface area (Å²) < 4.78 is 13.4. The van der Waals surface area contributed by atoms with Crippen molar-refractivity contribution in [2.24, 2.45) is 5.41 Å². The number of benzene rings is 1. The summed E-state index contributed by atoms with van der Waals surface area (Å²) in [5.74, 6) is -1.52. The van der Waals surface area contributed by atoms with E-state index in [9.17, 15) is 24.4 Å². The Balaban J connectivity index is 2.38. The summed E-state index contributed by atoms with van der Waals surface area (Å²) in [4.78, 5) is 23.3. The molecular weight excluding hydrogens is 267 g/mol. The lowest BCUT2D eigenvalue weighted by molar-refractivity contribution is -0.384. The van der Waals surface area contributed by atoms with Crippen molar-refractivity contribution in [3.63, 3.8) is 0 Å². The quantitative estimate of drug-likeness (QED) is 0.680. The van der Waals surface area contributed by atoms with Crippen LogP contribution in [0.15, 0.2) is 18.2 Å². The number of carboxylic acids is 1. The second-order valence-electron chi connectivity index (χ2n) is 5.28. The van der Waals surface area contributed by atoms with Gasteiger partial charge in [0.15, 0.2) is 0 Å². The Morgan fingerprint density at radius 1 is 1.55 bits per heavy atom. The molecule has 0 radical (unpaired) electrons. The zero-order valence-corrected chi connectivity index (χ0v) is 11.0. The fourth-order valence-electron chi connectivity index (χ4n) is 2.52. The Morgan fingerprint density at radius 2 is 2.25 bits per heavy atom. The number of nitro groups is 1. The molecule has 1 N–H and O–H groups in total. The molecule has 0 saturated carbocycles. The van der Waals surface area contributed by atoms with E-state index < -0.39 is 22.1 Å². The minimum absolute atomic E-state index is 0.132. The highest BCUT2D eigenvalue weighted by Gasteiger charge is 2.39. The minimum Gasteiger partial charge on any atom is -0.481 e. The molecule has 0 aliphatic carbocycles. The molecule has 1 aromatic carbocycles. The number of halogens is 1. The molecule has 1 aromatic rings. The third-order valence-electron chi connectivity index (χ3n) is 3.69. The molecule has 1 atom stereocenters. The molecule has 1 fully saturated rings. The first kappa shape index (κ1) is 14.2. The van der Waals surface area contributed by atoms with Gasteiger partial charge in [-0.15, -0.1) is 0 Å². The molecular formula is C13H15FN2O4. The number of nitro benzene ring substituents is 1. The third-order valence-corrected chi connectivity index (χ3v) is 3.69. The first-order valence-electron chi connectivity index (χ1n) is 6.26. The van der Waals surface area contributed by atoms with Crippen molar-refractivity contribution in [1.82, 2.24) is 0 Å². The zero-order chi connectivity index (χ0) is 14.9. The normalized spacial score (nSPS) is 22.6. The zero-order valence-electron chi connectivity index (χ0n) is 11.0. The fourth-order valence-corrected chi connectivity index (χ4v) is 2.52. The van der Waals surface area contributed by atoms with Crippen LogP contribution in [0.25, 0.3) is 0 Å². The summed E-state index contributed by atoms with van der Waals surface area (Å²) >= 11 is 0. The van der Waals surface area contributed by atoms with Crippen molar-refractivity contribution in [3.8, 4) is 0 Å². The van der Waals surface area contributed by atoms with E-state index >= 15 is 0 Å². The molecule has 7 heteroatoms. The second-order valence-corrected chi connectivity index (χ2v) is 5.28. The smallest absolute Gasteiger partial charge is 0.311 e. The molecule has 1 unspecified atom stereocenters. The molecule has 6 nitrogen and oxygen atoms in total. The average molecular weight is 282 g/mol. The Hall–Kier alpha value is -2.18. The summed E-state index contributed by atoms with van der Waals surface area (Å²) in [5.41, 5.74) is -1.04. The van der Waals surface area contributed by atoms with Crippen LogP contribution in [-0.4, -0.2) is 29.1 Å². The first-order valence-corrected chi connectivity index (χ1v) is 6.26. The number of aliphatic carboxylic acids is 1. The number of hydrogen-bond acceptors (Lipinski definition) is 4. The number of hydrogen-bond donors (Lipinski definition) is 1. The van der Waals surface area contributed by atoms with E-state index in [0.717, 1.165) is 18.2 Å². The summed E-state index contributed by atoms with van der Waals surface area (Å²) in [6.07, 6.45) is 1.10. The lowest BCUT2D eigenvalue weighted by atomic mass is 9.82. The van der Waals surface area contributed by atoms with Gasteiger partial charge in [-0.25, -0.2) is 4.39 Å². The number of piperidine rings is 1. The molecule has 0 bridgehead atoms. The van der Waals surface area contributed by atoms with Gasteiger partial charge in [-0.2, -0.15) is 0 Å². The summed E-state index contributed by atoms with van der Waals surface area (Å²) in [5, 5.41) is 20.3. The monoisotopic (exact) mass is 282 g/mol. The fraction of sp³-hybridized carbons (Fsp3) is 0.462. The lowest BCUT2D eigenvalue weighted by Gasteiger charge is -2.38. The average Bonchev–Trinajstić information content (AvgIpc) is 2.38. The SMILES string of the molecule is CC1(C(=O)O)CCCN(c2cc(F)ccc2[N+](=O)[O-])C1. The van der Waals surface area contributed by atoms with Crippen LogP contribution in [-0.2, 0) is 4.79 Å². The molecule has 2 rings (SSSR count). The van der Waals surface area contributed by atoms with Gasteiger partial charge in [0, 0.05) is 25.2 Å². The van der Waals surface area contributed by atoms with E-state index in [1.165, 1.54) is 0 Å². The van der Waals surface area contributed by atoms with Crippen LogP contribution in [0.3, 0.4) is 0 Å². The maximum absolute atomic E-state index is 13.4. The van der Waals surface area contributed by atoms with Gasteiger partial charge in [-0.3, -0.25) is 14.9 Å². The number of carbonyl (C=O) groups is 1. The molecule has 1 aliphatic heterocycles. The maximum atomic E-state index is 13.4. The molecule has 20 heavy (non-hydrogen) atoms. The molecule has 1 saturated heterocycles. The number of nitrogens with zero attached hydrogens (tertiary/aromatic N) is 2. The van der Waals surface area contributed by atoms with Crippen LogP contribution in [0.1, 0.15) is 19.8 Å². The van der Waals surface area contributed by atoms with Gasteiger partial charge in [0.1, 0.15) is 11.5 Å². The van der Waals surface area contributed by atoms with Gasteiger partial charge in [-0.1, -0.05) is 0 Å². The first-order chi connectivity index (χ1) is 9.33. The van der Waals surface area contributed by atoms with Crippen molar-refractivity contribution < 1.29 is 19.2 Å². The van der Waals surface area contributed by atoms with Crippen LogP contribution >= 0.6 is 0 Å². The Kier molecular flexibility index (Phi) is 3.61. The predicted octanol–water partition coefficient (Wildman–Crippen LogP) is 2.43. The van der Waals surface area contributed by atoms with E-state index in [1.807, 2.05) is 0 Å². The van der Waals surface area contributed by atoms with E-state index in [-0.39, 0.29) is 17.9 Å². The molecule has 0 amide bonds. The second kappa shape index (κ2) is 5.07.